The quantitative estimate of drug-likeness (QED) is 0.445. The van der Waals surface area contributed by atoms with Crippen molar-refractivity contribution in [1.82, 2.24) is 5.32 Å². The van der Waals surface area contributed by atoms with Gasteiger partial charge in [0, 0.05) is 6.54 Å². The van der Waals surface area contributed by atoms with E-state index in [4.69, 9.17) is 21.4 Å². The van der Waals surface area contributed by atoms with Crippen molar-refractivity contribution in [1.29, 1.82) is 0 Å². The van der Waals surface area contributed by atoms with Gasteiger partial charge in [0.1, 0.15) is 18.4 Å². The van der Waals surface area contributed by atoms with Gasteiger partial charge in [0.25, 0.3) is 0 Å². The van der Waals surface area contributed by atoms with Crippen molar-refractivity contribution in [2.45, 2.75) is 39.1 Å². The van der Waals surface area contributed by atoms with Crippen molar-refractivity contribution < 1.29 is 19.7 Å². The average Bonchev–Trinajstić information content (AvgIpc) is 2.74. The number of ether oxygens (including phenoxy) is 1. The van der Waals surface area contributed by atoms with Crippen LogP contribution in [0.5, 0.6) is 5.75 Å². The third kappa shape index (κ3) is 5.85. The van der Waals surface area contributed by atoms with Crippen LogP contribution in [-0.2, 0) is 17.9 Å². The molecule has 0 aliphatic heterocycles. The van der Waals surface area contributed by atoms with Gasteiger partial charge in [-0.25, -0.2) is 0 Å². The third-order valence-corrected chi connectivity index (χ3v) is 5.48. The van der Waals surface area contributed by atoms with Crippen molar-refractivity contribution in [3.63, 3.8) is 0 Å². The van der Waals surface area contributed by atoms with Crippen LogP contribution in [0.4, 0.5) is 0 Å². The zero-order valence-electron chi connectivity index (χ0n) is 17.5. The van der Waals surface area contributed by atoms with E-state index >= 15 is 0 Å². The summed E-state index contributed by atoms with van der Waals surface area (Å²) in [7, 11) is 0. The van der Waals surface area contributed by atoms with E-state index < -0.39 is 18.1 Å². The molecule has 2 atom stereocenters. The van der Waals surface area contributed by atoms with Gasteiger partial charge >= 0.3 is 5.97 Å². The van der Waals surface area contributed by atoms with E-state index in [9.17, 15) is 9.90 Å². The van der Waals surface area contributed by atoms with Crippen LogP contribution in [0.3, 0.4) is 0 Å². The zero-order valence-corrected chi connectivity index (χ0v) is 18.3. The molecule has 0 aliphatic rings. The smallest absolute Gasteiger partial charge is 0.323 e. The third-order valence-electron chi connectivity index (χ3n) is 5.18. The summed E-state index contributed by atoms with van der Waals surface area (Å²) in [6.45, 7) is 4.16. The number of aliphatic hydroxyl groups is 1. The molecule has 3 aromatic rings. The van der Waals surface area contributed by atoms with Crippen molar-refractivity contribution in [2.75, 3.05) is 0 Å². The van der Waals surface area contributed by atoms with Crippen LogP contribution in [-0.4, -0.2) is 28.3 Å². The number of hydrogen-bond acceptors (Lipinski definition) is 4. The Hall–Kier alpha value is -2.86. The molecule has 0 radical (unpaired) electrons. The number of hydrogen-bond donors (Lipinski definition) is 3. The van der Waals surface area contributed by atoms with Gasteiger partial charge in [-0.15, -0.1) is 0 Å². The number of carboxylic acid groups (broad SMARTS) is 1. The van der Waals surface area contributed by atoms with Crippen LogP contribution in [0.25, 0.3) is 11.1 Å². The van der Waals surface area contributed by atoms with Gasteiger partial charge in [0.2, 0.25) is 0 Å². The fraction of sp³-hybridized carbons (Fsp3) is 0.240. The minimum Gasteiger partial charge on any atom is -0.487 e. The Morgan fingerprint density at radius 3 is 2.48 bits per heavy atom. The summed E-state index contributed by atoms with van der Waals surface area (Å²) in [4.78, 5) is 11.2. The monoisotopic (exact) mass is 439 g/mol. The Kier molecular flexibility index (Phi) is 7.69. The molecule has 3 aromatic carbocycles. The molecule has 0 spiro atoms. The lowest BCUT2D eigenvalue weighted by molar-refractivity contribution is -0.142. The summed E-state index contributed by atoms with van der Waals surface area (Å²) < 4.78 is 5.97. The van der Waals surface area contributed by atoms with Gasteiger partial charge in [-0.05, 0) is 53.8 Å². The number of halogens is 1. The molecule has 0 aliphatic carbocycles. The molecule has 31 heavy (non-hydrogen) atoms. The molecule has 6 heteroatoms. The van der Waals surface area contributed by atoms with E-state index in [1.807, 2.05) is 36.4 Å². The zero-order chi connectivity index (χ0) is 22.4. The van der Waals surface area contributed by atoms with Crippen molar-refractivity contribution in [2.24, 2.45) is 0 Å². The van der Waals surface area contributed by atoms with Gasteiger partial charge in [-0.2, -0.15) is 0 Å². The van der Waals surface area contributed by atoms with Gasteiger partial charge in [0.05, 0.1) is 11.1 Å². The highest BCUT2D eigenvalue weighted by Gasteiger charge is 2.22. The maximum atomic E-state index is 11.2. The summed E-state index contributed by atoms with van der Waals surface area (Å²) >= 11 is 6.38. The molecule has 0 amide bonds. The minimum atomic E-state index is -1.10. The van der Waals surface area contributed by atoms with Crippen LogP contribution >= 0.6 is 11.6 Å². The molecule has 0 heterocycles. The Morgan fingerprint density at radius 2 is 1.84 bits per heavy atom. The predicted molar refractivity (Wildman–Crippen MR) is 122 cm³/mol. The fourth-order valence-electron chi connectivity index (χ4n) is 3.39. The number of rotatable bonds is 9. The molecule has 0 bridgehead atoms. The molecular formula is C25H26ClNO4. The average molecular weight is 440 g/mol. The number of aliphatic hydroxyl groups excluding tert-OH is 1. The molecule has 0 unspecified atom stereocenters. The lowest BCUT2D eigenvalue weighted by Crippen LogP contribution is -2.44. The molecule has 3 N–H and O–H groups in total. The van der Waals surface area contributed by atoms with Gasteiger partial charge in [-0.1, -0.05) is 66.2 Å². The molecule has 3 rings (SSSR count). The number of aliphatic carboxylic acids is 1. The van der Waals surface area contributed by atoms with E-state index in [2.05, 4.69) is 30.4 Å². The van der Waals surface area contributed by atoms with E-state index in [-0.39, 0.29) is 6.54 Å². The summed E-state index contributed by atoms with van der Waals surface area (Å²) in [5, 5.41) is 22.0. The van der Waals surface area contributed by atoms with Crippen LogP contribution in [0.2, 0.25) is 5.02 Å². The number of benzene rings is 3. The second kappa shape index (κ2) is 10.4. The van der Waals surface area contributed by atoms with Crippen LogP contribution in [0.15, 0.2) is 66.7 Å². The maximum Gasteiger partial charge on any atom is 0.323 e. The summed E-state index contributed by atoms with van der Waals surface area (Å²) in [5.41, 5.74) is 5.35. The van der Waals surface area contributed by atoms with E-state index in [1.165, 1.54) is 12.5 Å². The fourth-order valence-corrected chi connectivity index (χ4v) is 3.65. The largest absolute Gasteiger partial charge is 0.487 e. The molecule has 0 saturated carbocycles. The summed E-state index contributed by atoms with van der Waals surface area (Å²) in [5.74, 6) is -0.547. The summed E-state index contributed by atoms with van der Waals surface area (Å²) in [6, 6.07) is 20.7. The van der Waals surface area contributed by atoms with Gasteiger partial charge < -0.3 is 14.9 Å². The molecular weight excluding hydrogens is 414 g/mol. The van der Waals surface area contributed by atoms with E-state index in [0.29, 0.717) is 17.4 Å². The van der Waals surface area contributed by atoms with Gasteiger partial charge in [0.15, 0.2) is 0 Å². The lowest BCUT2D eigenvalue weighted by Gasteiger charge is -2.17. The minimum absolute atomic E-state index is 0.264. The second-order valence-electron chi connectivity index (χ2n) is 7.45. The molecule has 0 saturated heterocycles. The Labute approximate surface area is 187 Å². The van der Waals surface area contributed by atoms with Crippen molar-refractivity contribution in [3.05, 3.63) is 88.4 Å². The molecule has 5 nitrogen and oxygen atoms in total. The lowest BCUT2D eigenvalue weighted by atomic mass is 9.97. The molecule has 0 fully saturated rings. The Bertz CT molecular complexity index is 1040. The number of nitrogens with one attached hydrogen (secondary N) is 1. The van der Waals surface area contributed by atoms with Crippen LogP contribution < -0.4 is 10.1 Å². The summed E-state index contributed by atoms with van der Waals surface area (Å²) in [6.07, 6.45) is -1.01. The first-order chi connectivity index (χ1) is 14.9. The van der Waals surface area contributed by atoms with Crippen LogP contribution in [0.1, 0.15) is 23.6 Å². The predicted octanol–water partition coefficient (Wildman–Crippen LogP) is 4.82. The van der Waals surface area contributed by atoms with Crippen LogP contribution in [0, 0.1) is 6.92 Å². The second-order valence-corrected chi connectivity index (χ2v) is 7.85. The highest BCUT2D eigenvalue weighted by Crippen LogP contribution is 2.29. The highest BCUT2D eigenvalue weighted by molar-refractivity contribution is 6.32. The SMILES string of the molecule is Cc1c(COc2ccc(CN[C@@H](C(=O)O)[C@@H](C)O)cc2Cl)cccc1-c1ccccc1. The van der Waals surface area contributed by atoms with E-state index in [1.54, 1.807) is 12.1 Å². The first-order valence-corrected chi connectivity index (χ1v) is 10.4. The topological polar surface area (TPSA) is 78.8 Å². The number of carboxylic acids is 1. The van der Waals surface area contributed by atoms with Gasteiger partial charge in [-0.3, -0.25) is 10.1 Å². The normalized spacial score (nSPS) is 12.9. The molecule has 0 aromatic heterocycles. The first-order valence-electron chi connectivity index (χ1n) is 10.1. The Balaban J connectivity index is 1.67. The van der Waals surface area contributed by atoms with Crippen molar-refractivity contribution in [3.8, 4) is 16.9 Å². The first kappa shape index (κ1) is 22.8. The highest BCUT2D eigenvalue weighted by atomic mass is 35.5. The maximum absolute atomic E-state index is 11.2. The Morgan fingerprint density at radius 1 is 1.10 bits per heavy atom. The molecule has 162 valence electrons. The standard InChI is InChI=1S/C25H26ClNO4/c1-16-20(9-6-10-21(16)19-7-4-3-5-8-19)15-31-23-12-11-18(13-22(23)26)14-27-24(17(2)28)25(29)30/h3-13,17,24,27-28H,14-15H2,1-2H3,(H,29,30)/t17-,24-/m1/s1. The van der Waals surface area contributed by atoms with E-state index in [0.717, 1.165) is 22.3 Å². The van der Waals surface area contributed by atoms with Crippen molar-refractivity contribution >= 4 is 17.6 Å². The number of carbonyl (C=O) groups is 1.